The highest BCUT2D eigenvalue weighted by Crippen LogP contribution is 2.28. The van der Waals surface area contributed by atoms with Crippen molar-refractivity contribution in [3.63, 3.8) is 0 Å². The summed E-state index contributed by atoms with van der Waals surface area (Å²) in [4.78, 5) is 15.1. The number of nitrogens with one attached hydrogen (secondary N) is 2. The minimum atomic E-state index is -1.02. The summed E-state index contributed by atoms with van der Waals surface area (Å²) in [6.45, 7) is 0. The standard InChI is InChI=1S/C18H19F2N5O2/c19-9-5-10-11(7-22-16(10)21-6-9)17-23-8-12(20)18(25-17)24-13-3-1-2-4-14(26)15(13)27/h5-8,13-15,26-27H,1-4H2,(H,21,22)(H,23,24,25)/t13?,14-,15-/m1/s1. The Balaban J connectivity index is 1.68. The average molecular weight is 375 g/mol. The molecule has 3 heterocycles. The minimum absolute atomic E-state index is 0.0723. The van der Waals surface area contributed by atoms with Gasteiger partial charge < -0.3 is 20.5 Å². The van der Waals surface area contributed by atoms with Crippen LogP contribution in [0.2, 0.25) is 0 Å². The molecule has 0 radical (unpaired) electrons. The molecule has 7 nitrogen and oxygen atoms in total. The number of aromatic nitrogens is 4. The molecule has 0 bridgehead atoms. The SMILES string of the molecule is O[C@@H]1CCCCC(Nc2nc(-c3c[nH]c4ncc(F)cc34)ncc2F)[C@H]1O. The van der Waals surface area contributed by atoms with E-state index in [0.717, 1.165) is 25.2 Å². The molecule has 0 aliphatic heterocycles. The van der Waals surface area contributed by atoms with E-state index in [4.69, 9.17) is 0 Å². The van der Waals surface area contributed by atoms with E-state index in [9.17, 15) is 19.0 Å². The van der Waals surface area contributed by atoms with Gasteiger partial charge in [-0.1, -0.05) is 12.8 Å². The van der Waals surface area contributed by atoms with Gasteiger partial charge in [-0.15, -0.1) is 0 Å². The number of anilines is 1. The Bertz CT molecular complexity index is 964. The number of aliphatic hydroxyl groups is 2. The highest BCUT2D eigenvalue weighted by Gasteiger charge is 2.29. The van der Waals surface area contributed by atoms with Crippen LogP contribution in [0.1, 0.15) is 25.7 Å². The Morgan fingerprint density at radius 1 is 1.11 bits per heavy atom. The quantitative estimate of drug-likeness (QED) is 0.524. The topological polar surface area (TPSA) is 107 Å². The normalized spacial score (nSPS) is 23.3. The number of nitrogens with zero attached hydrogens (tertiary/aromatic N) is 3. The zero-order valence-corrected chi connectivity index (χ0v) is 14.4. The van der Waals surface area contributed by atoms with Gasteiger partial charge in [0.1, 0.15) is 11.5 Å². The van der Waals surface area contributed by atoms with Crippen molar-refractivity contribution in [2.24, 2.45) is 0 Å². The fourth-order valence-electron chi connectivity index (χ4n) is 3.42. The van der Waals surface area contributed by atoms with E-state index in [1.54, 1.807) is 6.20 Å². The Hall–Kier alpha value is -2.65. The third kappa shape index (κ3) is 3.47. The predicted octanol–water partition coefficient (Wildman–Crippen LogP) is 2.37. The molecule has 0 saturated heterocycles. The van der Waals surface area contributed by atoms with Gasteiger partial charge in [-0.3, -0.25) is 0 Å². The lowest BCUT2D eigenvalue weighted by Crippen LogP contribution is -2.41. The van der Waals surface area contributed by atoms with Gasteiger partial charge in [0.05, 0.1) is 30.6 Å². The number of rotatable bonds is 3. The van der Waals surface area contributed by atoms with Crippen LogP contribution in [0.4, 0.5) is 14.6 Å². The zero-order chi connectivity index (χ0) is 19.0. The molecule has 9 heteroatoms. The van der Waals surface area contributed by atoms with Crippen LogP contribution < -0.4 is 5.32 Å². The Labute approximate surface area is 153 Å². The van der Waals surface area contributed by atoms with Crippen LogP contribution in [0.3, 0.4) is 0 Å². The molecule has 3 aromatic heterocycles. The monoisotopic (exact) mass is 375 g/mol. The number of H-pyrrole nitrogens is 1. The van der Waals surface area contributed by atoms with Gasteiger partial charge in [0.2, 0.25) is 0 Å². The second-order valence-corrected chi connectivity index (χ2v) is 6.74. The Morgan fingerprint density at radius 2 is 1.93 bits per heavy atom. The van der Waals surface area contributed by atoms with Crippen molar-refractivity contribution >= 4 is 16.9 Å². The maximum Gasteiger partial charge on any atom is 0.183 e. The molecular weight excluding hydrogens is 356 g/mol. The molecule has 0 spiro atoms. The van der Waals surface area contributed by atoms with Gasteiger partial charge in [-0.2, -0.15) is 0 Å². The fraction of sp³-hybridized carbons (Fsp3) is 0.389. The summed E-state index contributed by atoms with van der Waals surface area (Å²) in [6, 6.07) is 0.779. The number of fused-ring (bicyclic) bond motifs is 1. The second-order valence-electron chi connectivity index (χ2n) is 6.74. The highest BCUT2D eigenvalue weighted by atomic mass is 19.1. The molecule has 27 heavy (non-hydrogen) atoms. The molecule has 1 aliphatic rings. The molecule has 142 valence electrons. The molecule has 0 amide bonds. The summed E-state index contributed by atoms with van der Waals surface area (Å²) in [5.41, 5.74) is 0.956. The smallest absolute Gasteiger partial charge is 0.183 e. The number of aliphatic hydroxyl groups excluding tert-OH is 2. The molecule has 0 aromatic carbocycles. The molecule has 1 fully saturated rings. The Kier molecular flexibility index (Phi) is 4.71. The first kappa shape index (κ1) is 17.7. The first-order valence-electron chi connectivity index (χ1n) is 8.81. The van der Waals surface area contributed by atoms with Crippen LogP contribution in [-0.2, 0) is 0 Å². The third-order valence-electron chi connectivity index (χ3n) is 4.88. The van der Waals surface area contributed by atoms with Crippen molar-refractivity contribution in [1.29, 1.82) is 0 Å². The largest absolute Gasteiger partial charge is 0.390 e. The van der Waals surface area contributed by atoms with Crippen molar-refractivity contribution in [1.82, 2.24) is 19.9 Å². The molecule has 3 aromatic rings. The van der Waals surface area contributed by atoms with Crippen LogP contribution >= 0.6 is 0 Å². The first-order valence-corrected chi connectivity index (χ1v) is 8.81. The van der Waals surface area contributed by atoms with Gasteiger partial charge in [0, 0.05) is 17.1 Å². The number of aromatic amines is 1. The summed E-state index contributed by atoms with van der Waals surface area (Å²) in [5.74, 6) is -1.05. The summed E-state index contributed by atoms with van der Waals surface area (Å²) in [5, 5.41) is 23.6. The molecular formula is C18H19F2N5O2. The van der Waals surface area contributed by atoms with E-state index in [2.05, 4.69) is 25.3 Å². The van der Waals surface area contributed by atoms with Crippen LogP contribution in [0, 0.1) is 11.6 Å². The van der Waals surface area contributed by atoms with Crippen LogP contribution in [-0.4, -0.2) is 48.4 Å². The maximum absolute atomic E-state index is 14.3. The second kappa shape index (κ2) is 7.16. The summed E-state index contributed by atoms with van der Waals surface area (Å²) in [6.07, 6.45) is 4.51. The molecule has 1 aliphatic carbocycles. The van der Waals surface area contributed by atoms with E-state index in [1.165, 1.54) is 6.07 Å². The average Bonchev–Trinajstić information content (AvgIpc) is 3.00. The molecule has 1 saturated carbocycles. The van der Waals surface area contributed by atoms with Gasteiger partial charge >= 0.3 is 0 Å². The molecule has 1 unspecified atom stereocenters. The van der Waals surface area contributed by atoms with E-state index in [0.29, 0.717) is 29.4 Å². The van der Waals surface area contributed by atoms with Crippen molar-refractivity contribution in [3.05, 3.63) is 36.3 Å². The van der Waals surface area contributed by atoms with E-state index < -0.39 is 29.9 Å². The highest BCUT2D eigenvalue weighted by molar-refractivity contribution is 5.91. The van der Waals surface area contributed by atoms with Crippen LogP contribution in [0.15, 0.2) is 24.7 Å². The molecule has 4 N–H and O–H groups in total. The van der Waals surface area contributed by atoms with Crippen molar-refractivity contribution in [3.8, 4) is 11.4 Å². The lowest BCUT2D eigenvalue weighted by atomic mass is 10.0. The number of hydrogen-bond donors (Lipinski definition) is 4. The predicted molar refractivity (Wildman–Crippen MR) is 94.9 cm³/mol. The number of hydrogen-bond acceptors (Lipinski definition) is 6. The van der Waals surface area contributed by atoms with Gasteiger partial charge in [0.15, 0.2) is 17.5 Å². The minimum Gasteiger partial charge on any atom is -0.390 e. The van der Waals surface area contributed by atoms with Gasteiger partial charge in [-0.05, 0) is 18.9 Å². The lowest BCUT2D eigenvalue weighted by Gasteiger charge is -2.25. The van der Waals surface area contributed by atoms with Crippen LogP contribution in [0.25, 0.3) is 22.4 Å². The number of pyridine rings is 1. The number of halogens is 2. The lowest BCUT2D eigenvalue weighted by molar-refractivity contribution is 0.00940. The fourth-order valence-corrected chi connectivity index (χ4v) is 3.42. The van der Waals surface area contributed by atoms with Gasteiger partial charge in [0.25, 0.3) is 0 Å². The van der Waals surface area contributed by atoms with Crippen molar-refractivity contribution in [2.45, 2.75) is 43.9 Å². The van der Waals surface area contributed by atoms with Crippen molar-refractivity contribution < 1.29 is 19.0 Å². The zero-order valence-electron chi connectivity index (χ0n) is 14.4. The molecule has 3 atom stereocenters. The third-order valence-corrected chi connectivity index (χ3v) is 4.88. The summed E-state index contributed by atoms with van der Waals surface area (Å²) < 4.78 is 27.8. The van der Waals surface area contributed by atoms with E-state index in [1.807, 2.05) is 0 Å². The summed E-state index contributed by atoms with van der Waals surface area (Å²) >= 11 is 0. The summed E-state index contributed by atoms with van der Waals surface area (Å²) in [7, 11) is 0. The Morgan fingerprint density at radius 3 is 2.78 bits per heavy atom. The maximum atomic E-state index is 14.3. The van der Waals surface area contributed by atoms with E-state index in [-0.39, 0.29) is 11.6 Å². The van der Waals surface area contributed by atoms with Gasteiger partial charge in [-0.25, -0.2) is 23.7 Å². The first-order chi connectivity index (χ1) is 13.0. The van der Waals surface area contributed by atoms with Crippen LogP contribution in [0.5, 0.6) is 0 Å². The van der Waals surface area contributed by atoms with E-state index >= 15 is 0 Å². The molecule has 4 rings (SSSR count). The van der Waals surface area contributed by atoms with Crippen molar-refractivity contribution in [2.75, 3.05) is 5.32 Å².